The maximum absolute atomic E-state index is 13.2. The monoisotopic (exact) mass is 352 g/mol. The molecule has 1 aliphatic heterocycles. The third-order valence-corrected chi connectivity index (χ3v) is 4.83. The van der Waals surface area contributed by atoms with Crippen molar-refractivity contribution < 1.29 is 4.79 Å². The lowest BCUT2D eigenvalue weighted by Crippen LogP contribution is -2.33. The van der Waals surface area contributed by atoms with Crippen LogP contribution in [-0.4, -0.2) is 35.5 Å². The lowest BCUT2D eigenvalue weighted by molar-refractivity contribution is 0.0983. The zero-order chi connectivity index (χ0) is 18.5. The van der Waals surface area contributed by atoms with Crippen LogP contribution in [0.4, 0.5) is 11.6 Å². The Bertz CT molecular complexity index is 766. The van der Waals surface area contributed by atoms with Crippen molar-refractivity contribution in [2.24, 2.45) is 0 Å². The Kier molecular flexibility index (Phi) is 5.86. The minimum Gasteiger partial charge on any atom is -0.341 e. The minimum atomic E-state index is -0.0697. The van der Waals surface area contributed by atoms with Crippen molar-refractivity contribution in [3.8, 4) is 0 Å². The summed E-state index contributed by atoms with van der Waals surface area (Å²) in [6, 6.07) is 9.81. The molecule has 5 nitrogen and oxygen atoms in total. The van der Waals surface area contributed by atoms with Gasteiger partial charge in [-0.1, -0.05) is 25.0 Å². The summed E-state index contributed by atoms with van der Waals surface area (Å²) in [6.07, 6.45) is 4.83. The molecule has 0 radical (unpaired) electrons. The van der Waals surface area contributed by atoms with E-state index < -0.39 is 0 Å². The van der Waals surface area contributed by atoms with Gasteiger partial charge in [-0.3, -0.25) is 4.79 Å². The molecule has 1 amide bonds. The molecule has 0 atom stereocenters. The average molecular weight is 352 g/mol. The van der Waals surface area contributed by atoms with Crippen molar-refractivity contribution in [3.05, 3.63) is 47.3 Å². The molecule has 1 saturated heterocycles. The lowest BCUT2D eigenvalue weighted by Gasteiger charge is -2.23. The van der Waals surface area contributed by atoms with E-state index in [1.807, 2.05) is 45.0 Å². The average Bonchev–Trinajstić information content (AvgIpc) is 2.91. The molecule has 1 fully saturated rings. The van der Waals surface area contributed by atoms with Crippen LogP contribution in [0.25, 0.3) is 0 Å². The molecule has 1 aromatic heterocycles. The van der Waals surface area contributed by atoms with Crippen LogP contribution in [0.5, 0.6) is 0 Å². The third-order valence-electron chi connectivity index (χ3n) is 4.83. The maximum Gasteiger partial charge on any atom is 0.277 e. The molecule has 0 unspecified atom stereocenters. The van der Waals surface area contributed by atoms with Crippen LogP contribution in [0, 0.1) is 13.8 Å². The van der Waals surface area contributed by atoms with Crippen LogP contribution in [-0.2, 0) is 0 Å². The molecule has 26 heavy (non-hydrogen) atoms. The van der Waals surface area contributed by atoms with E-state index in [0.717, 1.165) is 42.9 Å². The summed E-state index contributed by atoms with van der Waals surface area (Å²) >= 11 is 0. The number of rotatable bonds is 4. The fourth-order valence-electron chi connectivity index (χ4n) is 3.45. The van der Waals surface area contributed by atoms with Gasteiger partial charge in [0.2, 0.25) is 5.95 Å². The molecular formula is C21H28N4O. The van der Waals surface area contributed by atoms with E-state index in [2.05, 4.69) is 14.9 Å². The highest BCUT2D eigenvalue weighted by atomic mass is 16.2. The van der Waals surface area contributed by atoms with Gasteiger partial charge in [0.25, 0.3) is 5.91 Å². The normalized spacial score (nSPS) is 14.8. The molecule has 2 heterocycles. The van der Waals surface area contributed by atoms with Gasteiger partial charge >= 0.3 is 0 Å². The predicted octanol–water partition coefficient (Wildman–Crippen LogP) is 4.14. The summed E-state index contributed by atoms with van der Waals surface area (Å²) in [5.41, 5.74) is 3.35. The molecule has 0 saturated carbocycles. The van der Waals surface area contributed by atoms with E-state index in [-0.39, 0.29) is 5.91 Å². The van der Waals surface area contributed by atoms with Gasteiger partial charge in [-0.15, -0.1) is 0 Å². The number of nitrogens with zero attached hydrogens (tertiary/aromatic N) is 4. The second-order valence-corrected chi connectivity index (χ2v) is 6.98. The van der Waals surface area contributed by atoms with E-state index in [4.69, 9.17) is 0 Å². The Morgan fingerprint density at radius 3 is 2.46 bits per heavy atom. The Balaban J connectivity index is 1.90. The van der Waals surface area contributed by atoms with E-state index in [0.29, 0.717) is 18.2 Å². The van der Waals surface area contributed by atoms with Gasteiger partial charge in [-0.05, 0) is 57.4 Å². The molecule has 1 aliphatic rings. The first-order chi connectivity index (χ1) is 12.6. The van der Waals surface area contributed by atoms with Crippen LogP contribution < -0.4 is 9.80 Å². The van der Waals surface area contributed by atoms with Gasteiger partial charge in [-0.2, -0.15) is 0 Å². The van der Waals surface area contributed by atoms with Crippen molar-refractivity contribution >= 4 is 17.5 Å². The van der Waals surface area contributed by atoms with Crippen molar-refractivity contribution in [1.82, 2.24) is 9.97 Å². The minimum absolute atomic E-state index is 0.0697. The molecule has 3 rings (SSSR count). The van der Waals surface area contributed by atoms with Crippen LogP contribution >= 0.6 is 0 Å². The number of benzene rings is 1. The second kappa shape index (κ2) is 8.30. The standard InChI is InChI=1S/C21H28N4O/c1-4-25(18-11-9-10-16(2)14-18)20(26)19-15-17(3)22-21(23-19)24-12-7-5-6-8-13-24/h9-11,14-15H,4-8,12-13H2,1-3H3. The predicted molar refractivity (Wildman–Crippen MR) is 106 cm³/mol. The molecule has 0 spiro atoms. The van der Waals surface area contributed by atoms with E-state index in [1.165, 1.54) is 12.8 Å². The number of aryl methyl sites for hydroxylation is 2. The van der Waals surface area contributed by atoms with Crippen molar-refractivity contribution in [1.29, 1.82) is 0 Å². The zero-order valence-corrected chi connectivity index (χ0v) is 16.0. The first kappa shape index (κ1) is 18.4. The molecule has 0 N–H and O–H groups in total. The van der Waals surface area contributed by atoms with Gasteiger partial charge in [0.05, 0.1) is 0 Å². The molecular weight excluding hydrogens is 324 g/mol. The van der Waals surface area contributed by atoms with Crippen LogP contribution in [0.1, 0.15) is 54.4 Å². The number of hydrogen-bond acceptors (Lipinski definition) is 4. The summed E-state index contributed by atoms with van der Waals surface area (Å²) in [7, 11) is 0. The number of carbonyl (C=O) groups excluding carboxylic acids is 1. The SMILES string of the molecule is CCN(C(=O)c1cc(C)nc(N2CCCCCC2)n1)c1cccc(C)c1. The first-order valence-corrected chi connectivity index (χ1v) is 9.57. The summed E-state index contributed by atoms with van der Waals surface area (Å²) in [5.74, 6) is 0.621. The largest absolute Gasteiger partial charge is 0.341 e. The lowest BCUT2D eigenvalue weighted by atomic mass is 10.2. The van der Waals surface area contributed by atoms with Gasteiger partial charge in [-0.25, -0.2) is 9.97 Å². The number of aromatic nitrogens is 2. The highest BCUT2D eigenvalue weighted by Gasteiger charge is 2.21. The molecule has 0 bridgehead atoms. The summed E-state index contributed by atoms with van der Waals surface area (Å²) in [5, 5.41) is 0. The Morgan fingerprint density at radius 2 is 1.81 bits per heavy atom. The second-order valence-electron chi connectivity index (χ2n) is 6.98. The van der Waals surface area contributed by atoms with Crippen molar-refractivity contribution in [2.45, 2.75) is 46.5 Å². The van der Waals surface area contributed by atoms with Crippen molar-refractivity contribution in [3.63, 3.8) is 0 Å². The summed E-state index contributed by atoms with van der Waals surface area (Å²) < 4.78 is 0. The van der Waals surface area contributed by atoms with Crippen LogP contribution in [0.15, 0.2) is 30.3 Å². The summed E-state index contributed by atoms with van der Waals surface area (Å²) in [6.45, 7) is 8.49. The highest BCUT2D eigenvalue weighted by molar-refractivity contribution is 6.05. The fourth-order valence-corrected chi connectivity index (χ4v) is 3.45. The Labute approximate surface area is 156 Å². The summed E-state index contributed by atoms with van der Waals surface area (Å²) in [4.78, 5) is 26.4. The van der Waals surface area contributed by atoms with Gasteiger partial charge < -0.3 is 9.80 Å². The highest BCUT2D eigenvalue weighted by Crippen LogP contribution is 2.21. The van der Waals surface area contributed by atoms with E-state index >= 15 is 0 Å². The number of anilines is 2. The van der Waals surface area contributed by atoms with Crippen LogP contribution in [0.3, 0.4) is 0 Å². The topological polar surface area (TPSA) is 49.3 Å². The van der Waals surface area contributed by atoms with Gasteiger partial charge in [0.1, 0.15) is 5.69 Å². The third kappa shape index (κ3) is 4.21. The number of hydrogen-bond donors (Lipinski definition) is 0. The smallest absolute Gasteiger partial charge is 0.277 e. The fraction of sp³-hybridized carbons (Fsp3) is 0.476. The molecule has 2 aromatic rings. The van der Waals surface area contributed by atoms with E-state index in [1.54, 1.807) is 11.0 Å². The molecule has 138 valence electrons. The quantitative estimate of drug-likeness (QED) is 0.830. The number of amides is 1. The zero-order valence-electron chi connectivity index (χ0n) is 16.0. The number of carbonyl (C=O) groups is 1. The Hall–Kier alpha value is -2.43. The first-order valence-electron chi connectivity index (χ1n) is 9.57. The van der Waals surface area contributed by atoms with Gasteiger partial charge in [0, 0.05) is 31.0 Å². The van der Waals surface area contributed by atoms with Crippen LogP contribution in [0.2, 0.25) is 0 Å². The molecule has 5 heteroatoms. The molecule has 0 aliphatic carbocycles. The van der Waals surface area contributed by atoms with Crippen molar-refractivity contribution in [2.75, 3.05) is 29.4 Å². The Morgan fingerprint density at radius 1 is 1.08 bits per heavy atom. The maximum atomic E-state index is 13.2. The van der Waals surface area contributed by atoms with E-state index in [9.17, 15) is 4.79 Å². The molecule has 1 aromatic carbocycles. The van der Waals surface area contributed by atoms with Gasteiger partial charge in [0.15, 0.2) is 0 Å².